The number of halogens is 1. The summed E-state index contributed by atoms with van der Waals surface area (Å²) >= 11 is 0. The van der Waals surface area contributed by atoms with E-state index in [0.717, 1.165) is 18.2 Å². The number of nitrogens with zero attached hydrogens (tertiary/aromatic N) is 1. The van der Waals surface area contributed by atoms with Crippen LogP contribution in [0.3, 0.4) is 0 Å². The van der Waals surface area contributed by atoms with Crippen LogP contribution in [0.15, 0.2) is 18.2 Å². The van der Waals surface area contributed by atoms with Crippen LogP contribution in [-0.2, 0) is 4.74 Å². The third-order valence-electron chi connectivity index (χ3n) is 3.32. The minimum absolute atomic E-state index is 0.0566. The van der Waals surface area contributed by atoms with Gasteiger partial charge in [-0.1, -0.05) is 0 Å². The first kappa shape index (κ1) is 15.2. The van der Waals surface area contributed by atoms with Crippen LogP contribution in [0.2, 0.25) is 0 Å². The van der Waals surface area contributed by atoms with Gasteiger partial charge in [-0.3, -0.25) is 0 Å². The number of hydrogen-bond acceptors (Lipinski definition) is 3. The number of aromatic carboxylic acids is 1. The molecule has 0 bridgehead atoms. The van der Waals surface area contributed by atoms with Gasteiger partial charge < -0.3 is 20.1 Å². The maximum absolute atomic E-state index is 13.3. The number of carbonyl (C=O) groups excluding carboxylic acids is 1. The lowest BCUT2D eigenvalue weighted by atomic mass is 10.1. The lowest BCUT2D eigenvalue weighted by Gasteiger charge is -2.36. The number of morpholine rings is 1. The molecule has 1 saturated heterocycles. The number of amides is 2. The van der Waals surface area contributed by atoms with Gasteiger partial charge >= 0.3 is 12.0 Å². The molecule has 2 unspecified atom stereocenters. The van der Waals surface area contributed by atoms with Gasteiger partial charge in [0.05, 0.1) is 30.0 Å². The predicted octanol–water partition coefficient (Wildman–Crippen LogP) is 2.17. The Labute approximate surface area is 121 Å². The zero-order valence-electron chi connectivity index (χ0n) is 11.8. The smallest absolute Gasteiger partial charge is 0.337 e. The lowest BCUT2D eigenvalue weighted by Crippen LogP contribution is -2.51. The molecule has 1 aliphatic heterocycles. The Morgan fingerprint density at radius 1 is 1.43 bits per heavy atom. The standard InChI is InChI=1S/C14H17FN2O4/c1-8-7-21-9(2)6-17(8)14(20)16-12-5-10(15)3-4-11(12)13(18)19/h3-5,8-9H,6-7H2,1-2H3,(H,16,20)(H,18,19). The van der Waals surface area contributed by atoms with Crippen molar-refractivity contribution in [3.63, 3.8) is 0 Å². The van der Waals surface area contributed by atoms with Gasteiger partial charge in [-0.2, -0.15) is 0 Å². The molecule has 2 atom stereocenters. The molecule has 7 heteroatoms. The van der Waals surface area contributed by atoms with Crippen LogP contribution >= 0.6 is 0 Å². The number of ether oxygens (including phenoxy) is 1. The van der Waals surface area contributed by atoms with Crippen LogP contribution in [-0.4, -0.2) is 47.3 Å². The monoisotopic (exact) mass is 296 g/mol. The van der Waals surface area contributed by atoms with Gasteiger partial charge in [-0.15, -0.1) is 0 Å². The summed E-state index contributed by atoms with van der Waals surface area (Å²) in [6.45, 7) is 4.47. The molecule has 0 spiro atoms. The van der Waals surface area contributed by atoms with E-state index in [1.54, 1.807) is 4.90 Å². The SMILES string of the molecule is CC1CN(C(=O)Nc2cc(F)ccc2C(=O)O)C(C)CO1. The molecule has 1 aromatic rings. The van der Waals surface area contributed by atoms with Gasteiger partial charge in [0, 0.05) is 6.54 Å². The van der Waals surface area contributed by atoms with E-state index in [9.17, 15) is 14.0 Å². The van der Waals surface area contributed by atoms with Gasteiger partial charge in [-0.05, 0) is 32.0 Å². The lowest BCUT2D eigenvalue weighted by molar-refractivity contribution is -0.0296. The summed E-state index contributed by atoms with van der Waals surface area (Å²) in [5.74, 6) is -1.84. The number of hydrogen-bond donors (Lipinski definition) is 2. The Morgan fingerprint density at radius 3 is 2.81 bits per heavy atom. The van der Waals surface area contributed by atoms with E-state index in [-0.39, 0.29) is 23.4 Å². The second-order valence-corrected chi connectivity index (χ2v) is 5.07. The van der Waals surface area contributed by atoms with E-state index in [2.05, 4.69) is 5.32 Å². The fraction of sp³-hybridized carbons (Fsp3) is 0.429. The molecule has 2 amide bonds. The van der Waals surface area contributed by atoms with Crippen molar-refractivity contribution in [3.8, 4) is 0 Å². The predicted molar refractivity (Wildman–Crippen MR) is 74.0 cm³/mol. The summed E-state index contributed by atoms with van der Waals surface area (Å²) in [7, 11) is 0. The largest absolute Gasteiger partial charge is 0.478 e. The molecule has 2 N–H and O–H groups in total. The van der Waals surface area contributed by atoms with Crippen LogP contribution in [0.4, 0.5) is 14.9 Å². The Morgan fingerprint density at radius 2 is 2.14 bits per heavy atom. The van der Waals surface area contributed by atoms with Crippen LogP contribution in [0.25, 0.3) is 0 Å². The Hall–Kier alpha value is -2.15. The summed E-state index contributed by atoms with van der Waals surface area (Å²) in [5.41, 5.74) is -0.211. The summed E-state index contributed by atoms with van der Waals surface area (Å²) in [6.07, 6.45) is -0.0987. The molecular weight excluding hydrogens is 279 g/mol. The minimum atomic E-state index is -1.23. The minimum Gasteiger partial charge on any atom is -0.478 e. The van der Waals surface area contributed by atoms with Crippen molar-refractivity contribution in [1.82, 2.24) is 4.90 Å². The Balaban J connectivity index is 2.19. The van der Waals surface area contributed by atoms with Crippen LogP contribution in [0.1, 0.15) is 24.2 Å². The molecule has 0 saturated carbocycles. The number of benzene rings is 1. The van der Waals surface area contributed by atoms with E-state index in [0.29, 0.717) is 13.2 Å². The first-order valence-electron chi connectivity index (χ1n) is 6.60. The van der Waals surface area contributed by atoms with E-state index in [4.69, 9.17) is 9.84 Å². The van der Waals surface area contributed by atoms with Crippen molar-refractivity contribution in [3.05, 3.63) is 29.6 Å². The maximum atomic E-state index is 13.3. The third-order valence-corrected chi connectivity index (χ3v) is 3.32. The molecule has 1 heterocycles. The average Bonchev–Trinajstić information content (AvgIpc) is 2.41. The number of rotatable bonds is 2. The highest BCUT2D eigenvalue weighted by atomic mass is 19.1. The molecule has 114 valence electrons. The summed E-state index contributed by atoms with van der Waals surface area (Å²) in [6, 6.07) is 2.56. The third kappa shape index (κ3) is 3.49. The first-order chi connectivity index (χ1) is 9.88. The molecule has 2 rings (SSSR count). The zero-order valence-corrected chi connectivity index (χ0v) is 11.8. The van der Waals surface area contributed by atoms with Crippen molar-refractivity contribution in [1.29, 1.82) is 0 Å². The number of anilines is 1. The quantitative estimate of drug-likeness (QED) is 0.876. The summed E-state index contributed by atoms with van der Waals surface area (Å²) in [4.78, 5) is 24.9. The van der Waals surface area contributed by atoms with Gasteiger partial charge in [0.1, 0.15) is 5.82 Å². The highest BCUT2D eigenvalue weighted by molar-refractivity contribution is 6.00. The normalized spacial score (nSPS) is 22.0. The molecule has 0 aliphatic carbocycles. The summed E-state index contributed by atoms with van der Waals surface area (Å²) in [5, 5.41) is 11.5. The fourth-order valence-electron chi connectivity index (χ4n) is 2.18. The first-order valence-corrected chi connectivity index (χ1v) is 6.60. The Bertz CT molecular complexity index is 564. The number of carboxylic acids is 1. The number of carboxylic acid groups (broad SMARTS) is 1. The van der Waals surface area contributed by atoms with Crippen molar-refractivity contribution >= 4 is 17.7 Å². The Kier molecular flexibility index (Phi) is 4.42. The molecule has 1 aliphatic rings. The van der Waals surface area contributed by atoms with E-state index in [1.165, 1.54) is 0 Å². The summed E-state index contributed by atoms with van der Waals surface area (Å²) < 4.78 is 18.7. The highest BCUT2D eigenvalue weighted by Gasteiger charge is 2.28. The topological polar surface area (TPSA) is 78.9 Å². The number of urea groups is 1. The van der Waals surface area contributed by atoms with Gasteiger partial charge in [-0.25, -0.2) is 14.0 Å². The van der Waals surface area contributed by atoms with Crippen LogP contribution in [0.5, 0.6) is 0 Å². The van der Waals surface area contributed by atoms with Gasteiger partial charge in [0.2, 0.25) is 0 Å². The molecule has 1 fully saturated rings. The molecule has 0 aromatic heterocycles. The zero-order chi connectivity index (χ0) is 15.6. The van der Waals surface area contributed by atoms with Crippen LogP contribution < -0.4 is 5.32 Å². The van der Waals surface area contributed by atoms with Crippen molar-refractivity contribution in [2.45, 2.75) is 26.0 Å². The molecular formula is C14H17FN2O4. The van der Waals surface area contributed by atoms with Crippen molar-refractivity contribution in [2.24, 2.45) is 0 Å². The number of nitrogens with one attached hydrogen (secondary N) is 1. The van der Waals surface area contributed by atoms with Gasteiger partial charge in [0.25, 0.3) is 0 Å². The van der Waals surface area contributed by atoms with Crippen LogP contribution in [0, 0.1) is 5.82 Å². The van der Waals surface area contributed by atoms with E-state index in [1.807, 2.05) is 13.8 Å². The van der Waals surface area contributed by atoms with Crippen molar-refractivity contribution < 1.29 is 23.8 Å². The second-order valence-electron chi connectivity index (χ2n) is 5.07. The van der Waals surface area contributed by atoms with Gasteiger partial charge in [0.15, 0.2) is 0 Å². The van der Waals surface area contributed by atoms with E-state index < -0.39 is 17.8 Å². The molecule has 6 nitrogen and oxygen atoms in total. The average molecular weight is 296 g/mol. The second kappa shape index (κ2) is 6.09. The molecule has 0 radical (unpaired) electrons. The highest BCUT2D eigenvalue weighted by Crippen LogP contribution is 2.19. The van der Waals surface area contributed by atoms with Crippen molar-refractivity contribution in [2.75, 3.05) is 18.5 Å². The van der Waals surface area contributed by atoms with E-state index >= 15 is 0 Å². The molecule has 1 aromatic carbocycles. The molecule has 21 heavy (non-hydrogen) atoms. The fourth-order valence-corrected chi connectivity index (χ4v) is 2.18. The maximum Gasteiger partial charge on any atom is 0.337 e. The number of carbonyl (C=O) groups is 2.